The van der Waals surface area contributed by atoms with E-state index in [2.05, 4.69) is 20.3 Å². The van der Waals surface area contributed by atoms with Crippen LogP contribution in [0.5, 0.6) is 0 Å². The molecule has 1 aromatic carbocycles. The summed E-state index contributed by atoms with van der Waals surface area (Å²) in [6, 6.07) is 11.8. The zero-order valence-electron chi connectivity index (χ0n) is 9.41. The van der Waals surface area contributed by atoms with E-state index in [0.29, 0.717) is 0 Å². The lowest BCUT2D eigenvalue weighted by atomic mass is 10.1. The number of para-hydroxylation sites is 1. The summed E-state index contributed by atoms with van der Waals surface area (Å²) in [6.45, 7) is 0. The number of nitrogens with one attached hydrogen (secondary N) is 1. The molecule has 0 bridgehead atoms. The van der Waals surface area contributed by atoms with Crippen LogP contribution >= 0.6 is 0 Å². The Morgan fingerprint density at radius 1 is 1.06 bits per heavy atom. The number of benzene rings is 1. The van der Waals surface area contributed by atoms with E-state index in [9.17, 15) is 0 Å². The molecule has 5 nitrogen and oxygen atoms in total. The second-order valence-corrected chi connectivity index (χ2v) is 4.06. The van der Waals surface area contributed by atoms with Crippen LogP contribution in [0.2, 0.25) is 0 Å². The van der Waals surface area contributed by atoms with Gasteiger partial charge in [0.15, 0.2) is 5.65 Å². The van der Waals surface area contributed by atoms with Crippen LogP contribution in [-0.4, -0.2) is 24.8 Å². The molecule has 0 radical (unpaired) electrons. The molecule has 86 valence electrons. The molecule has 3 aromatic heterocycles. The monoisotopic (exact) mass is 235 g/mol. The fraction of sp³-hybridized carbons (Fsp3) is 0. The van der Waals surface area contributed by atoms with Crippen molar-refractivity contribution in [1.82, 2.24) is 24.8 Å². The molecule has 0 amide bonds. The van der Waals surface area contributed by atoms with Crippen LogP contribution in [0, 0.1) is 0 Å². The van der Waals surface area contributed by atoms with Gasteiger partial charge in [-0.1, -0.05) is 18.2 Å². The molecule has 4 aromatic rings. The summed E-state index contributed by atoms with van der Waals surface area (Å²) in [5.74, 6) is 0. The summed E-state index contributed by atoms with van der Waals surface area (Å²) < 4.78 is 1.73. The third-order valence-electron chi connectivity index (χ3n) is 2.97. The standard InChI is InChI=1S/C13H9N5/c1-2-4-10-9(3-1)13(17-16-10)11-6-8-18-12(15-11)5-7-14-18/h1-8H,(H,16,17). The highest BCUT2D eigenvalue weighted by Crippen LogP contribution is 2.24. The van der Waals surface area contributed by atoms with Crippen molar-refractivity contribution < 1.29 is 0 Å². The lowest BCUT2D eigenvalue weighted by molar-refractivity contribution is 0.939. The Labute approximate surface area is 102 Å². The highest BCUT2D eigenvalue weighted by atomic mass is 15.2. The first-order valence-electron chi connectivity index (χ1n) is 5.66. The van der Waals surface area contributed by atoms with Gasteiger partial charge in [0.25, 0.3) is 0 Å². The molecular formula is C13H9N5. The number of nitrogens with zero attached hydrogens (tertiary/aromatic N) is 4. The minimum absolute atomic E-state index is 0.819. The second kappa shape index (κ2) is 3.40. The van der Waals surface area contributed by atoms with Gasteiger partial charge in [0.2, 0.25) is 0 Å². The first-order valence-corrected chi connectivity index (χ1v) is 5.66. The Balaban J connectivity index is 2.00. The van der Waals surface area contributed by atoms with Crippen molar-refractivity contribution in [3.63, 3.8) is 0 Å². The highest BCUT2D eigenvalue weighted by molar-refractivity contribution is 5.91. The number of aromatic nitrogens is 5. The molecule has 0 aliphatic rings. The normalized spacial score (nSPS) is 11.3. The zero-order chi connectivity index (χ0) is 11.9. The van der Waals surface area contributed by atoms with Gasteiger partial charge in [-0.2, -0.15) is 10.2 Å². The fourth-order valence-corrected chi connectivity index (χ4v) is 2.10. The van der Waals surface area contributed by atoms with E-state index in [1.165, 1.54) is 0 Å². The van der Waals surface area contributed by atoms with Crippen LogP contribution in [0.3, 0.4) is 0 Å². The number of aromatic amines is 1. The highest BCUT2D eigenvalue weighted by Gasteiger charge is 2.09. The van der Waals surface area contributed by atoms with Gasteiger partial charge >= 0.3 is 0 Å². The molecule has 0 unspecified atom stereocenters. The predicted molar refractivity (Wildman–Crippen MR) is 68.1 cm³/mol. The van der Waals surface area contributed by atoms with Gasteiger partial charge in [-0.3, -0.25) is 5.10 Å². The van der Waals surface area contributed by atoms with Crippen molar-refractivity contribution in [3.05, 3.63) is 48.8 Å². The van der Waals surface area contributed by atoms with Crippen molar-refractivity contribution in [2.75, 3.05) is 0 Å². The van der Waals surface area contributed by atoms with E-state index in [0.717, 1.165) is 27.9 Å². The summed E-state index contributed by atoms with van der Waals surface area (Å²) >= 11 is 0. The van der Waals surface area contributed by atoms with Crippen LogP contribution in [0.25, 0.3) is 27.9 Å². The molecule has 0 saturated heterocycles. The Morgan fingerprint density at radius 3 is 3.00 bits per heavy atom. The molecule has 4 rings (SSSR count). The van der Waals surface area contributed by atoms with Crippen LogP contribution < -0.4 is 0 Å². The Kier molecular flexibility index (Phi) is 1.77. The average molecular weight is 235 g/mol. The molecule has 1 N–H and O–H groups in total. The topological polar surface area (TPSA) is 58.9 Å². The number of fused-ring (bicyclic) bond motifs is 2. The number of hydrogen-bond acceptors (Lipinski definition) is 3. The van der Waals surface area contributed by atoms with Crippen molar-refractivity contribution in [3.8, 4) is 11.4 Å². The fourth-order valence-electron chi connectivity index (χ4n) is 2.10. The quantitative estimate of drug-likeness (QED) is 0.550. The molecule has 0 saturated carbocycles. The third kappa shape index (κ3) is 1.24. The molecule has 3 heterocycles. The van der Waals surface area contributed by atoms with Crippen molar-refractivity contribution >= 4 is 16.6 Å². The number of rotatable bonds is 1. The van der Waals surface area contributed by atoms with Crippen LogP contribution in [0.15, 0.2) is 48.8 Å². The Morgan fingerprint density at radius 2 is 2.00 bits per heavy atom. The van der Waals surface area contributed by atoms with E-state index in [-0.39, 0.29) is 0 Å². The van der Waals surface area contributed by atoms with Gasteiger partial charge in [-0.15, -0.1) is 0 Å². The Bertz CT molecular complexity index is 842. The predicted octanol–water partition coefficient (Wildman–Crippen LogP) is 2.27. The van der Waals surface area contributed by atoms with E-state index in [1.54, 1.807) is 10.7 Å². The van der Waals surface area contributed by atoms with Crippen LogP contribution in [0.1, 0.15) is 0 Å². The summed E-state index contributed by atoms with van der Waals surface area (Å²) in [6.07, 6.45) is 3.62. The van der Waals surface area contributed by atoms with Gasteiger partial charge in [0.1, 0.15) is 5.69 Å². The van der Waals surface area contributed by atoms with Crippen LogP contribution in [-0.2, 0) is 0 Å². The van der Waals surface area contributed by atoms with Gasteiger partial charge in [0, 0.05) is 17.6 Å². The molecule has 0 fully saturated rings. The van der Waals surface area contributed by atoms with Crippen molar-refractivity contribution in [2.45, 2.75) is 0 Å². The maximum atomic E-state index is 4.55. The summed E-state index contributed by atoms with van der Waals surface area (Å²) in [5.41, 5.74) is 3.55. The summed E-state index contributed by atoms with van der Waals surface area (Å²) in [5, 5.41) is 12.6. The zero-order valence-corrected chi connectivity index (χ0v) is 9.41. The third-order valence-corrected chi connectivity index (χ3v) is 2.97. The largest absolute Gasteiger partial charge is 0.277 e. The lowest BCUT2D eigenvalue weighted by Crippen LogP contribution is -1.91. The van der Waals surface area contributed by atoms with Crippen LogP contribution in [0.4, 0.5) is 0 Å². The number of hydrogen-bond donors (Lipinski definition) is 1. The van der Waals surface area contributed by atoms with E-state index in [4.69, 9.17) is 0 Å². The maximum absolute atomic E-state index is 4.55. The van der Waals surface area contributed by atoms with E-state index < -0.39 is 0 Å². The SMILES string of the molecule is c1ccc2c(-c3ccn4nccc4n3)n[nH]c2c1. The lowest BCUT2D eigenvalue weighted by Gasteiger charge is -1.98. The van der Waals surface area contributed by atoms with E-state index >= 15 is 0 Å². The Hall–Kier alpha value is -2.69. The second-order valence-electron chi connectivity index (χ2n) is 4.06. The minimum atomic E-state index is 0.819. The summed E-state index contributed by atoms with van der Waals surface area (Å²) in [4.78, 5) is 4.55. The van der Waals surface area contributed by atoms with Gasteiger partial charge in [-0.05, 0) is 12.1 Å². The molecule has 0 spiro atoms. The minimum Gasteiger partial charge on any atom is -0.277 e. The molecule has 0 atom stereocenters. The summed E-state index contributed by atoms with van der Waals surface area (Å²) in [7, 11) is 0. The average Bonchev–Trinajstić information content (AvgIpc) is 3.04. The number of H-pyrrole nitrogens is 1. The molecular weight excluding hydrogens is 226 g/mol. The molecule has 0 aliphatic carbocycles. The first-order chi connectivity index (χ1) is 8.92. The van der Waals surface area contributed by atoms with Gasteiger partial charge < -0.3 is 0 Å². The van der Waals surface area contributed by atoms with Gasteiger partial charge in [-0.25, -0.2) is 9.50 Å². The molecule has 18 heavy (non-hydrogen) atoms. The van der Waals surface area contributed by atoms with E-state index in [1.807, 2.05) is 42.6 Å². The van der Waals surface area contributed by atoms with Gasteiger partial charge in [0.05, 0.1) is 17.4 Å². The molecule has 0 aliphatic heterocycles. The maximum Gasteiger partial charge on any atom is 0.155 e. The van der Waals surface area contributed by atoms with Crippen molar-refractivity contribution in [1.29, 1.82) is 0 Å². The van der Waals surface area contributed by atoms with Crippen molar-refractivity contribution in [2.24, 2.45) is 0 Å². The molecule has 5 heteroatoms. The first kappa shape index (κ1) is 9.35. The smallest absolute Gasteiger partial charge is 0.155 e.